The molecule has 0 atom stereocenters. The molecule has 1 rings (SSSR count). The van der Waals surface area contributed by atoms with Crippen LogP contribution >= 0.6 is 0 Å². The van der Waals surface area contributed by atoms with Crippen molar-refractivity contribution in [3.63, 3.8) is 0 Å². The number of amides is 2. The first-order valence-electron chi connectivity index (χ1n) is 5.44. The van der Waals surface area contributed by atoms with Gasteiger partial charge in [0.1, 0.15) is 5.56 Å². The third kappa shape index (κ3) is 4.37. The van der Waals surface area contributed by atoms with E-state index in [0.29, 0.717) is 0 Å². The maximum Gasteiger partial charge on any atom is 0.282 e. The molecule has 9 heteroatoms. The van der Waals surface area contributed by atoms with E-state index in [1.165, 1.54) is 18.2 Å². The first-order valence-corrected chi connectivity index (χ1v) is 5.44. The summed E-state index contributed by atoms with van der Waals surface area (Å²) in [5.74, 6) is -3.02. The monoisotopic (exact) mass is 280 g/mol. The minimum absolute atomic E-state index is 0.224. The van der Waals surface area contributed by atoms with Crippen LogP contribution in [0.1, 0.15) is 23.2 Å². The molecule has 0 heterocycles. The fourth-order valence-electron chi connectivity index (χ4n) is 1.30. The van der Waals surface area contributed by atoms with Gasteiger partial charge in [-0.15, -0.1) is 0 Å². The van der Waals surface area contributed by atoms with Crippen molar-refractivity contribution >= 4 is 23.5 Å². The van der Waals surface area contributed by atoms with E-state index < -0.39 is 34.8 Å². The number of para-hydroxylation sites is 1. The predicted molar refractivity (Wildman–Crippen MR) is 62.9 cm³/mol. The Labute approximate surface area is 112 Å². The number of benzene rings is 1. The molecule has 0 spiro atoms. The molecular weight excluding hydrogens is 270 g/mol. The van der Waals surface area contributed by atoms with Crippen molar-refractivity contribution in [3.8, 4) is 0 Å². The van der Waals surface area contributed by atoms with Gasteiger partial charge in [-0.25, -0.2) is 0 Å². The van der Waals surface area contributed by atoms with Gasteiger partial charge in [0.2, 0.25) is 5.91 Å². The number of nitrogens with one attached hydrogen (secondary N) is 2. The number of nitro groups is 1. The van der Waals surface area contributed by atoms with Gasteiger partial charge in [0, 0.05) is 18.5 Å². The normalized spacial score (nSPS) is 9.60. The summed E-state index contributed by atoms with van der Waals surface area (Å²) >= 11 is 0. The number of rotatable bonds is 5. The highest BCUT2D eigenvalue weighted by Crippen LogP contribution is 2.16. The second-order valence-electron chi connectivity index (χ2n) is 3.65. The van der Waals surface area contributed by atoms with Crippen LogP contribution in [0.2, 0.25) is 0 Å². The summed E-state index contributed by atoms with van der Waals surface area (Å²) < 4.78 is 0. The van der Waals surface area contributed by atoms with Crippen molar-refractivity contribution in [2.75, 3.05) is 0 Å². The molecular formula is C11H10N3O6-. The summed E-state index contributed by atoms with van der Waals surface area (Å²) in [5.41, 5.74) is 3.28. The Balaban J connectivity index is 2.62. The molecule has 0 saturated heterocycles. The lowest BCUT2D eigenvalue weighted by Gasteiger charge is -2.07. The average Bonchev–Trinajstić information content (AvgIpc) is 2.42. The summed E-state index contributed by atoms with van der Waals surface area (Å²) in [6, 6.07) is 5.20. The largest absolute Gasteiger partial charge is 0.550 e. The molecule has 20 heavy (non-hydrogen) atoms. The molecule has 2 N–H and O–H groups in total. The number of carboxylic acids is 1. The van der Waals surface area contributed by atoms with Crippen LogP contribution < -0.4 is 16.0 Å². The lowest BCUT2D eigenvalue weighted by molar-refractivity contribution is -0.385. The van der Waals surface area contributed by atoms with Crippen LogP contribution in [0.15, 0.2) is 24.3 Å². The average molecular weight is 280 g/mol. The van der Waals surface area contributed by atoms with Crippen LogP contribution in [-0.2, 0) is 9.59 Å². The van der Waals surface area contributed by atoms with Crippen LogP contribution in [-0.4, -0.2) is 22.7 Å². The number of carbonyl (C=O) groups is 3. The zero-order chi connectivity index (χ0) is 15.1. The maximum atomic E-state index is 11.7. The van der Waals surface area contributed by atoms with Crippen LogP contribution in [0.25, 0.3) is 0 Å². The van der Waals surface area contributed by atoms with E-state index in [4.69, 9.17) is 0 Å². The summed E-state index contributed by atoms with van der Waals surface area (Å²) in [7, 11) is 0. The minimum Gasteiger partial charge on any atom is -0.550 e. The van der Waals surface area contributed by atoms with E-state index in [1.807, 2.05) is 10.9 Å². The van der Waals surface area contributed by atoms with Gasteiger partial charge in [0.15, 0.2) is 0 Å². The highest BCUT2D eigenvalue weighted by Gasteiger charge is 2.19. The molecule has 0 aliphatic heterocycles. The maximum absolute atomic E-state index is 11.7. The molecule has 2 amide bonds. The van der Waals surface area contributed by atoms with Gasteiger partial charge in [0.25, 0.3) is 11.6 Å². The molecule has 0 fully saturated rings. The molecule has 0 aliphatic rings. The molecule has 0 saturated carbocycles. The molecule has 9 nitrogen and oxygen atoms in total. The number of hydrogen-bond donors (Lipinski definition) is 2. The first kappa shape index (κ1) is 15.1. The van der Waals surface area contributed by atoms with Crippen LogP contribution in [0, 0.1) is 10.1 Å². The van der Waals surface area contributed by atoms with E-state index >= 15 is 0 Å². The van der Waals surface area contributed by atoms with Gasteiger partial charge in [-0.3, -0.25) is 30.6 Å². The predicted octanol–water partition coefficient (Wildman–Crippen LogP) is -1.11. The van der Waals surface area contributed by atoms with Crippen molar-refractivity contribution < 1.29 is 24.4 Å². The molecule has 0 aromatic heterocycles. The van der Waals surface area contributed by atoms with Gasteiger partial charge in [-0.1, -0.05) is 12.1 Å². The van der Waals surface area contributed by atoms with Crippen molar-refractivity contribution in [2.45, 2.75) is 12.8 Å². The minimum atomic E-state index is -1.40. The third-order valence-electron chi connectivity index (χ3n) is 2.22. The molecule has 0 unspecified atom stereocenters. The second kappa shape index (κ2) is 6.83. The van der Waals surface area contributed by atoms with Gasteiger partial charge in [-0.2, -0.15) is 0 Å². The van der Waals surface area contributed by atoms with E-state index in [2.05, 4.69) is 0 Å². The Kier molecular flexibility index (Phi) is 5.15. The topological polar surface area (TPSA) is 141 Å². The fraction of sp³-hybridized carbons (Fsp3) is 0.182. The number of nitro benzene ring substituents is 1. The van der Waals surface area contributed by atoms with Crippen molar-refractivity contribution in [1.29, 1.82) is 0 Å². The number of carboxylic acid groups (broad SMARTS) is 1. The summed E-state index contributed by atoms with van der Waals surface area (Å²) in [5, 5.41) is 20.8. The van der Waals surface area contributed by atoms with Crippen LogP contribution in [0.3, 0.4) is 0 Å². The Morgan fingerprint density at radius 1 is 1.10 bits per heavy atom. The molecule has 1 aromatic rings. The van der Waals surface area contributed by atoms with Crippen molar-refractivity contribution in [3.05, 3.63) is 39.9 Å². The molecule has 0 bridgehead atoms. The van der Waals surface area contributed by atoms with Crippen molar-refractivity contribution in [1.82, 2.24) is 10.9 Å². The summed E-state index contributed by atoms with van der Waals surface area (Å²) in [6.45, 7) is 0. The Morgan fingerprint density at radius 2 is 1.75 bits per heavy atom. The van der Waals surface area contributed by atoms with Gasteiger partial charge < -0.3 is 9.90 Å². The zero-order valence-corrected chi connectivity index (χ0v) is 10.1. The lowest BCUT2D eigenvalue weighted by atomic mass is 10.2. The van der Waals surface area contributed by atoms with E-state index in [-0.39, 0.29) is 12.0 Å². The van der Waals surface area contributed by atoms with Gasteiger partial charge >= 0.3 is 0 Å². The van der Waals surface area contributed by atoms with E-state index in [9.17, 15) is 29.6 Å². The number of nitrogens with zero attached hydrogens (tertiary/aromatic N) is 1. The van der Waals surface area contributed by atoms with Crippen LogP contribution in [0.4, 0.5) is 5.69 Å². The third-order valence-corrected chi connectivity index (χ3v) is 2.22. The lowest BCUT2D eigenvalue weighted by Crippen LogP contribution is -2.42. The molecule has 1 aromatic carbocycles. The SMILES string of the molecule is O=C([O-])CCC(=O)NNC(=O)c1ccccc1[N+](=O)[O-]. The number of hydrazine groups is 1. The van der Waals surface area contributed by atoms with E-state index in [1.54, 1.807) is 0 Å². The van der Waals surface area contributed by atoms with Gasteiger partial charge in [-0.05, 0) is 12.5 Å². The highest BCUT2D eigenvalue weighted by atomic mass is 16.6. The number of carbonyl (C=O) groups excluding carboxylic acids is 3. The zero-order valence-electron chi connectivity index (χ0n) is 10.1. The molecule has 106 valence electrons. The Morgan fingerprint density at radius 3 is 2.35 bits per heavy atom. The first-order chi connectivity index (χ1) is 9.41. The van der Waals surface area contributed by atoms with Crippen molar-refractivity contribution in [2.24, 2.45) is 0 Å². The van der Waals surface area contributed by atoms with Gasteiger partial charge in [0.05, 0.1) is 4.92 Å². The quantitative estimate of drug-likeness (QED) is 0.517. The Bertz CT molecular complexity index is 557. The second-order valence-corrected chi connectivity index (χ2v) is 3.65. The Hall–Kier alpha value is -2.97. The highest BCUT2D eigenvalue weighted by molar-refractivity contribution is 5.99. The van der Waals surface area contributed by atoms with Crippen LogP contribution in [0.5, 0.6) is 0 Å². The summed E-state index contributed by atoms with van der Waals surface area (Å²) in [4.78, 5) is 42.9. The number of hydrogen-bond acceptors (Lipinski definition) is 6. The number of aliphatic carboxylic acids is 1. The molecule has 0 aliphatic carbocycles. The smallest absolute Gasteiger partial charge is 0.282 e. The fourth-order valence-corrected chi connectivity index (χ4v) is 1.30. The molecule has 0 radical (unpaired) electrons. The van der Waals surface area contributed by atoms with E-state index in [0.717, 1.165) is 6.07 Å². The standard InChI is InChI=1S/C11H11N3O6/c15-9(5-6-10(16)17)12-13-11(18)7-3-1-2-4-8(7)14(19)20/h1-4H,5-6H2,(H,12,15)(H,13,18)(H,16,17)/p-1. The summed E-state index contributed by atoms with van der Waals surface area (Å²) in [6.07, 6.45) is -0.868.